The molecule has 2 aliphatic carbocycles. The predicted octanol–water partition coefficient (Wildman–Crippen LogP) is 9.75. The summed E-state index contributed by atoms with van der Waals surface area (Å²) in [6.45, 7) is 4.51. The van der Waals surface area contributed by atoms with Gasteiger partial charge in [0.15, 0.2) is 5.82 Å². The Bertz CT molecular complexity index is 955. The van der Waals surface area contributed by atoms with Crippen molar-refractivity contribution in [1.82, 2.24) is 9.97 Å². The maximum absolute atomic E-state index is 12.9. The van der Waals surface area contributed by atoms with Crippen LogP contribution in [-0.4, -0.2) is 15.9 Å². The second-order valence-corrected chi connectivity index (χ2v) is 12.4. The normalized spacial score (nSPS) is 23.4. The largest absolute Gasteiger partial charge is 0.426 e. The molecule has 0 unspecified atom stereocenters. The first-order chi connectivity index (χ1) is 19.2. The van der Waals surface area contributed by atoms with E-state index in [2.05, 4.69) is 23.8 Å². The van der Waals surface area contributed by atoms with Gasteiger partial charge in [-0.15, -0.1) is 0 Å². The van der Waals surface area contributed by atoms with Gasteiger partial charge in [-0.1, -0.05) is 78.1 Å². The summed E-state index contributed by atoms with van der Waals surface area (Å²) in [6.07, 6.45) is 27.1. The lowest BCUT2D eigenvalue weighted by atomic mass is 9.68. The van der Waals surface area contributed by atoms with Gasteiger partial charge in [0.05, 0.1) is 5.92 Å². The lowest BCUT2D eigenvalue weighted by Gasteiger charge is -2.37. The van der Waals surface area contributed by atoms with E-state index in [0.717, 1.165) is 42.6 Å². The summed E-state index contributed by atoms with van der Waals surface area (Å²) in [4.78, 5) is 22.0. The molecule has 0 atom stereocenters. The van der Waals surface area contributed by atoms with Crippen molar-refractivity contribution in [3.8, 4) is 17.1 Å². The zero-order valence-electron chi connectivity index (χ0n) is 24.7. The molecule has 4 rings (SSSR count). The second-order valence-electron chi connectivity index (χ2n) is 12.4. The summed E-state index contributed by atoms with van der Waals surface area (Å²) < 4.78 is 5.80. The van der Waals surface area contributed by atoms with Gasteiger partial charge in [0, 0.05) is 18.0 Å². The smallest absolute Gasteiger partial charge is 0.314 e. The van der Waals surface area contributed by atoms with E-state index in [1.165, 1.54) is 102 Å². The first-order valence-electron chi connectivity index (χ1n) is 16.3. The Hall–Kier alpha value is -2.23. The topological polar surface area (TPSA) is 52.1 Å². The molecule has 1 aromatic heterocycles. The van der Waals surface area contributed by atoms with Crippen molar-refractivity contribution in [2.45, 2.75) is 129 Å². The Morgan fingerprint density at radius 2 is 1.33 bits per heavy atom. The maximum atomic E-state index is 12.9. The van der Waals surface area contributed by atoms with Crippen LogP contribution in [-0.2, 0) is 11.2 Å². The van der Waals surface area contributed by atoms with Gasteiger partial charge in [0.1, 0.15) is 5.75 Å². The van der Waals surface area contributed by atoms with Crippen molar-refractivity contribution in [3.63, 3.8) is 0 Å². The van der Waals surface area contributed by atoms with Crippen LogP contribution < -0.4 is 4.74 Å². The van der Waals surface area contributed by atoms with Gasteiger partial charge in [-0.05, 0) is 98.9 Å². The van der Waals surface area contributed by atoms with Gasteiger partial charge in [-0.2, -0.15) is 0 Å². The Kier molecular flexibility index (Phi) is 12.3. The predicted molar refractivity (Wildman–Crippen MR) is 161 cm³/mol. The Morgan fingerprint density at radius 1 is 0.744 bits per heavy atom. The van der Waals surface area contributed by atoms with Crippen LogP contribution in [0.4, 0.5) is 0 Å². The van der Waals surface area contributed by atoms with E-state index < -0.39 is 0 Å². The third-order valence-corrected chi connectivity index (χ3v) is 9.48. The zero-order chi connectivity index (χ0) is 27.3. The number of hydrogen-bond acceptors (Lipinski definition) is 4. The highest BCUT2D eigenvalue weighted by Crippen LogP contribution is 2.42. The van der Waals surface area contributed by atoms with Gasteiger partial charge in [-0.3, -0.25) is 4.79 Å². The minimum Gasteiger partial charge on any atom is -0.426 e. The molecule has 2 aliphatic rings. The molecule has 4 nitrogen and oxygen atoms in total. The van der Waals surface area contributed by atoms with Crippen LogP contribution in [0.1, 0.15) is 129 Å². The molecule has 0 amide bonds. The van der Waals surface area contributed by atoms with Crippen molar-refractivity contribution >= 4 is 5.97 Å². The number of nitrogens with zero attached hydrogens (tertiary/aromatic N) is 2. The van der Waals surface area contributed by atoms with Crippen LogP contribution in [0.25, 0.3) is 11.4 Å². The van der Waals surface area contributed by atoms with Crippen molar-refractivity contribution in [1.29, 1.82) is 0 Å². The van der Waals surface area contributed by atoms with Crippen molar-refractivity contribution < 1.29 is 9.53 Å². The second kappa shape index (κ2) is 16.1. The molecule has 2 aromatic rings. The summed E-state index contributed by atoms with van der Waals surface area (Å²) >= 11 is 0. The standard InChI is InChI=1S/C35H52N2O2/c1-3-5-7-8-10-11-27-13-15-29(16-14-27)30-17-19-32(20-18-30)35(38)39-33-23-21-31(22-24-33)34-36-25-28(26-37-34)12-9-6-4-2/h21-27,29-30,32H,3-20H2,1-2H3. The van der Waals surface area contributed by atoms with E-state index in [0.29, 0.717) is 11.6 Å². The molecule has 2 saturated carbocycles. The van der Waals surface area contributed by atoms with E-state index in [9.17, 15) is 4.79 Å². The van der Waals surface area contributed by atoms with E-state index in [1.807, 2.05) is 36.7 Å². The molecule has 0 radical (unpaired) electrons. The molecule has 0 saturated heterocycles. The molecular formula is C35H52N2O2. The van der Waals surface area contributed by atoms with Crippen LogP contribution in [0.2, 0.25) is 0 Å². The van der Waals surface area contributed by atoms with Crippen molar-refractivity contribution in [2.75, 3.05) is 0 Å². The monoisotopic (exact) mass is 532 g/mol. The lowest BCUT2D eigenvalue weighted by molar-refractivity contribution is -0.140. The molecule has 1 heterocycles. The molecule has 0 N–H and O–H groups in total. The average molecular weight is 533 g/mol. The Morgan fingerprint density at radius 3 is 1.97 bits per heavy atom. The molecule has 0 bridgehead atoms. The molecule has 2 fully saturated rings. The fourth-order valence-corrected chi connectivity index (χ4v) is 6.89. The van der Waals surface area contributed by atoms with Gasteiger partial charge >= 0.3 is 5.97 Å². The SMILES string of the molecule is CCCCCCCC1CCC(C2CCC(C(=O)Oc3ccc(-c4ncc(CCCCC)cn4)cc3)CC2)CC1. The van der Waals surface area contributed by atoms with Crippen molar-refractivity contribution in [2.24, 2.45) is 23.7 Å². The Labute approximate surface area is 237 Å². The van der Waals surface area contributed by atoms with Crippen LogP contribution in [0.3, 0.4) is 0 Å². The number of hydrogen-bond donors (Lipinski definition) is 0. The number of esters is 1. The number of aromatic nitrogens is 2. The van der Waals surface area contributed by atoms with Gasteiger partial charge < -0.3 is 4.74 Å². The van der Waals surface area contributed by atoms with Crippen LogP contribution in [0, 0.1) is 23.7 Å². The first-order valence-corrected chi connectivity index (χ1v) is 16.3. The highest BCUT2D eigenvalue weighted by molar-refractivity contribution is 5.75. The molecule has 1 aromatic carbocycles. The highest BCUT2D eigenvalue weighted by atomic mass is 16.5. The van der Waals surface area contributed by atoms with Crippen LogP contribution in [0.15, 0.2) is 36.7 Å². The third kappa shape index (κ3) is 9.43. The number of carbonyl (C=O) groups is 1. The number of carbonyl (C=O) groups excluding carboxylic acids is 1. The number of aryl methyl sites for hydroxylation is 1. The number of rotatable bonds is 14. The van der Waals surface area contributed by atoms with E-state index >= 15 is 0 Å². The van der Waals surface area contributed by atoms with E-state index in [1.54, 1.807) is 0 Å². The van der Waals surface area contributed by atoms with Crippen LogP contribution in [0.5, 0.6) is 5.75 Å². The molecule has 4 heteroatoms. The molecule has 214 valence electrons. The molecule has 39 heavy (non-hydrogen) atoms. The fraction of sp³-hybridized carbons (Fsp3) is 0.686. The van der Waals surface area contributed by atoms with Gasteiger partial charge in [0.2, 0.25) is 0 Å². The van der Waals surface area contributed by atoms with Crippen molar-refractivity contribution in [3.05, 3.63) is 42.2 Å². The summed E-state index contributed by atoms with van der Waals surface area (Å²) in [5.74, 6) is 4.00. The fourth-order valence-electron chi connectivity index (χ4n) is 6.89. The van der Waals surface area contributed by atoms with E-state index in [4.69, 9.17) is 4.74 Å². The number of ether oxygens (including phenoxy) is 1. The molecular weight excluding hydrogens is 480 g/mol. The number of benzene rings is 1. The van der Waals surface area contributed by atoms with E-state index in [-0.39, 0.29) is 11.9 Å². The quantitative estimate of drug-likeness (QED) is 0.138. The number of unbranched alkanes of at least 4 members (excludes halogenated alkanes) is 6. The maximum Gasteiger partial charge on any atom is 0.314 e. The molecule has 0 aliphatic heterocycles. The molecule has 0 spiro atoms. The summed E-state index contributed by atoms with van der Waals surface area (Å²) in [6, 6.07) is 7.65. The first kappa shape index (κ1) is 29.7. The average Bonchev–Trinajstić information content (AvgIpc) is 2.98. The minimum absolute atomic E-state index is 0.0453. The zero-order valence-corrected chi connectivity index (χ0v) is 24.7. The summed E-state index contributed by atoms with van der Waals surface area (Å²) in [7, 11) is 0. The summed E-state index contributed by atoms with van der Waals surface area (Å²) in [5, 5.41) is 0. The van der Waals surface area contributed by atoms with Gasteiger partial charge in [0.25, 0.3) is 0 Å². The Balaban J connectivity index is 1.15. The third-order valence-electron chi connectivity index (χ3n) is 9.48. The minimum atomic E-state index is -0.0549. The highest BCUT2D eigenvalue weighted by Gasteiger charge is 2.33. The van der Waals surface area contributed by atoms with Crippen LogP contribution >= 0.6 is 0 Å². The lowest BCUT2D eigenvalue weighted by Crippen LogP contribution is -2.30. The summed E-state index contributed by atoms with van der Waals surface area (Å²) in [5.41, 5.74) is 2.13. The van der Waals surface area contributed by atoms with Gasteiger partial charge in [-0.25, -0.2) is 9.97 Å².